The van der Waals surface area contributed by atoms with Gasteiger partial charge in [-0.15, -0.1) is 0 Å². The molecule has 2 aromatic carbocycles. The molecule has 4 rings (SSSR count). The van der Waals surface area contributed by atoms with E-state index in [1.165, 1.54) is 5.56 Å². The summed E-state index contributed by atoms with van der Waals surface area (Å²) in [5, 5.41) is 1.01. The Morgan fingerprint density at radius 3 is 2.56 bits per heavy atom. The minimum atomic E-state index is 0.126. The van der Waals surface area contributed by atoms with Crippen molar-refractivity contribution in [1.82, 2.24) is 9.88 Å². The van der Waals surface area contributed by atoms with Gasteiger partial charge in [-0.3, -0.25) is 4.79 Å². The van der Waals surface area contributed by atoms with E-state index in [-0.39, 0.29) is 5.91 Å². The number of amides is 1. The maximum absolute atomic E-state index is 12.9. The molecule has 1 saturated heterocycles. The summed E-state index contributed by atoms with van der Waals surface area (Å²) < 4.78 is 6.42. The molecule has 0 saturated carbocycles. The Balaban J connectivity index is 1.46. The molecule has 2 heterocycles. The standard InChI is InChI=1S/C21H23N3O2S/c1-14-4-6-17(15(2)12-14)20(25)23-8-10-24(11-9-23)21-22-18-7-5-16(26-3)13-19(18)27-21/h4-7,12-13H,8-11H2,1-3H3. The molecule has 0 atom stereocenters. The van der Waals surface area contributed by atoms with Crippen molar-refractivity contribution in [3.05, 3.63) is 53.1 Å². The van der Waals surface area contributed by atoms with Crippen LogP contribution in [0.25, 0.3) is 10.2 Å². The number of carbonyl (C=O) groups excluding carboxylic acids is 1. The predicted molar refractivity (Wildman–Crippen MR) is 110 cm³/mol. The van der Waals surface area contributed by atoms with Crippen molar-refractivity contribution >= 4 is 32.6 Å². The second kappa shape index (κ2) is 7.19. The molecule has 0 unspecified atom stereocenters. The maximum Gasteiger partial charge on any atom is 0.254 e. The van der Waals surface area contributed by atoms with Crippen molar-refractivity contribution in [1.29, 1.82) is 0 Å². The Kier molecular flexibility index (Phi) is 4.74. The molecule has 0 N–H and O–H groups in total. The van der Waals surface area contributed by atoms with Crippen LogP contribution >= 0.6 is 11.3 Å². The van der Waals surface area contributed by atoms with Gasteiger partial charge in [-0.25, -0.2) is 4.98 Å². The van der Waals surface area contributed by atoms with Gasteiger partial charge >= 0.3 is 0 Å². The summed E-state index contributed by atoms with van der Waals surface area (Å²) in [6.07, 6.45) is 0. The second-order valence-corrected chi connectivity index (χ2v) is 7.94. The summed E-state index contributed by atoms with van der Waals surface area (Å²) in [6, 6.07) is 12.0. The summed E-state index contributed by atoms with van der Waals surface area (Å²) in [5.74, 6) is 0.975. The fourth-order valence-corrected chi connectivity index (χ4v) is 4.53. The van der Waals surface area contributed by atoms with Gasteiger partial charge in [-0.1, -0.05) is 29.0 Å². The minimum absolute atomic E-state index is 0.126. The van der Waals surface area contributed by atoms with Crippen LogP contribution in [0.4, 0.5) is 5.13 Å². The summed E-state index contributed by atoms with van der Waals surface area (Å²) in [4.78, 5) is 21.8. The number of piperazine rings is 1. The molecular weight excluding hydrogens is 358 g/mol. The van der Waals surface area contributed by atoms with Gasteiger partial charge in [0.1, 0.15) is 5.75 Å². The van der Waals surface area contributed by atoms with Gasteiger partial charge in [0.25, 0.3) is 5.91 Å². The number of anilines is 1. The zero-order valence-corrected chi connectivity index (χ0v) is 16.7. The van der Waals surface area contributed by atoms with E-state index in [1.54, 1.807) is 18.4 Å². The van der Waals surface area contributed by atoms with Crippen molar-refractivity contribution < 1.29 is 9.53 Å². The number of fused-ring (bicyclic) bond motifs is 1. The van der Waals surface area contributed by atoms with Gasteiger partial charge in [0.15, 0.2) is 5.13 Å². The third-order valence-electron chi connectivity index (χ3n) is 5.03. The van der Waals surface area contributed by atoms with Gasteiger partial charge in [0, 0.05) is 31.7 Å². The van der Waals surface area contributed by atoms with E-state index in [1.807, 2.05) is 49.1 Å². The minimum Gasteiger partial charge on any atom is -0.497 e. The molecule has 1 aromatic heterocycles. The van der Waals surface area contributed by atoms with Crippen molar-refractivity contribution in [2.24, 2.45) is 0 Å². The lowest BCUT2D eigenvalue weighted by Gasteiger charge is -2.34. The van der Waals surface area contributed by atoms with Crippen LogP contribution in [0, 0.1) is 13.8 Å². The van der Waals surface area contributed by atoms with Crippen LogP contribution in [0.2, 0.25) is 0 Å². The first kappa shape index (κ1) is 17.8. The van der Waals surface area contributed by atoms with Crippen LogP contribution in [0.3, 0.4) is 0 Å². The topological polar surface area (TPSA) is 45.7 Å². The SMILES string of the molecule is COc1ccc2nc(N3CCN(C(=O)c4ccc(C)cc4C)CC3)sc2c1. The van der Waals surface area contributed by atoms with E-state index >= 15 is 0 Å². The third kappa shape index (κ3) is 3.49. The molecule has 5 nitrogen and oxygen atoms in total. The number of nitrogens with zero attached hydrogens (tertiary/aromatic N) is 3. The fraction of sp³-hybridized carbons (Fsp3) is 0.333. The molecule has 0 aliphatic carbocycles. The Morgan fingerprint density at radius 2 is 1.85 bits per heavy atom. The third-order valence-corrected chi connectivity index (χ3v) is 6.11. The smallest absolute Gasteiger partial charge is 0.254 e. The molecule has 6 heteroatoms. The first-order chi connectivity index (χ1) is 13.0. The number of thiazole rings is 1. The van der Waals surface area contributed by atoms with Crippen LogP contribution in [-0.2, 0) is 0 Å². The van der Waals surface area contributed by atoms with Crippen molar-refractivity contribution in [3.63, 3.8) is 0 Å². The van der Waals surface area contributed by atoms with Crippen LogP contribution in [-0.4, -0.2) is 49.1 Å². The number of rotatable bonds is 3. The van der Waals surface area contributed by atoms with Gasteiger partial charge in [0.05, 0.1) is 17.3 Å². The highest BCUT2D eigenvalue weighted by molar-refractivity contribution is 7.22. The fourth-order valence-electron chi connectivity index (χ4n) is 3.48. The van der Waals surface area contributed by atoms with E-state index in [4.69, 9.17) is 9.72 Å². The van der Waals surface area contributed by atoms with Gasteiger partial charge in [-0.2, -0.15) is 0 Å². The Labute approximate surface area is 163 Å². The zero-order valence-electron chi connectivity index (χ0n) is 15.9. The van der Waals surface area contributed by atoms with Crippen LogP contribution < -0.4 is 9.64 Å². The molecule has 140 valence electrons. The predicted octanol–water partition coefficient (Wildman–Crippen LogP) is 3.88. The molecule has 3 aromatic rings. The van der Waals surface area contributed by atoms with E-state index in [2.05, 4.69) is 11.0 Å². The summed E-state index contributed by atoms with van der Waals surface area (Å²) in [7, 11) is 1.68. The lowest BCUT2D eigenvalue weighted by molar-refractivity contribution is 0.0746. The van der Waals surface area contributed by atoms with E-state index < -0.39 is 0 Å². The summed E-state index contributed by atoms with van der Waals surface area (Å²) in [5.41, 5.74) is 4.02. The average Bonchev–Trinajstić information content (AvgIpc) is 3.11. The average molecular weight is 382 g/mol. The first-order valence-corrected chi connectivity index (χ1v) is 9.93. The Morgan fingerprint density at radius 1 is 1.07 bits per heavy atom. The molecule has 1 aliphatic heterocycles. The molecule has 27 heavy (non-hydrogen) atoms. The molecular formula is C21H23N3O2S. The molecule has 1 amide bonds. The zero-order chi connectivity index (χ0) is 19.0. The van der Waals surface area contributed by atoms with Crippen molar-refractivity contribution in [3.8, 4) is 5.75 Å². The molecule has 0 bridgehead atoms. The summed E-state index contributed by atoms with van der Waals surface area (Å²) >= 11 is 1.67. The largest absolute Gasteiger partial charge is 0.497 e. The highest BCUT2D eigenvalue weighted by Crippen LogP contribution is 2.32. The monoisotopic (exact) mass is 381 g/mol. The number of hydrogen-bond donors (Lipinski definition) is 0. The van der Waals surface area contributed by atoms with Crippen molar-refractivity contribution in [2.75, 3.05) is 38.2 Å². The number of aryl methyl sites for hydroxylation is 2. The first-order valence-electron chi connectivity index (χ1n) is 9.11. The highest BCUT2D eigenvalue weighted by atomic mass is 32.1. The molecule has 1 fully saturated rings. The number of hydrogen-bond acceptors (Lipinski definition) is 5. The van der Waals surface area contributed by atoms with E-state index in [9.17, 15) is 4.79 Å². The van der Waals surface area contributed by atoms with Crippen LogP contribution in [0.5, 0.6) is 5.75 Å². The van der Waals surface area contributed by atoms with Crippen LogP contribution in [0.1, 0.15) is 21.5 Å². The quantitative estimate of drug-likeness (QED) is 0.691. The van der Waals surface area contributed by atoms with Gasteiger partial charge < -0.3 is 14.5 Å². The lowest BCUT2D eigenvalue weighted by Crippen LogP contribution is -2.48. The maximum atomic E-state index is 12.9. The number of ether oxygens (including phenoxy) is 1. The number of benzene rings is 2. The molecule has 0 radical (unpaired) electrons. The number of methoxy groups -OCH3 is 1. The lowest BCUT2D eigenvalue weighted by atomic mass is 10.0. The van der Waals surface area contributed by atoms with Gasteiger partial charge in [0.2, 0.25) is 0 Å². The highest BCUT2D eigenvalue weighted by Gasteiger charge is 2.24. The normalized spacial score (nSPS) is 14.6. The second-order valence-electron chi connectivity index (χ2n) is 6.93. The van der Waals surface area contributed by atoms with E-state index in [0.29, 0.717) is 13.1 Å². The summed E-state index contributed by atoms with van der Waals surface area (Å²) in [6.45, 7) is 7.08. The van der Waals surface area contributed by atoms with E-state index in [0.717, 1.165) is 45.3 Å². The number of carbonyl (C=O) groups is 1. The molecule has 1 aliphatic rings. The van der Waals surface area contributed by atoms with Crippen molar-refractivity contribution in [2.45, 2.75) is 13.8 Å². The van der Waals surface area contributed by atoms with Gasteiger partial charge in [-0.05, 0) is 43.7 Å². The van der Waals surface area contributed by atoms with Crippen LogP contribution in [0.15, 0.2) is 36.4 Å². The Bertz CT molecular complexity index is 990. The Hall–Kier alpha value is -2.60. The molecule has 0 spiro atoms. The number of aromatic nitrogens is 1.